The van der Waals surface area contributed by atoms with E-state index in [0.29, 0.717) is 12.6 Å². The van der Waals surface area contributed by atoms with Crippen molar-refractivity contribution in [2.45, 2.75) is 45.3 Å². The van der Waals surface area contributed by atoms with Gasteiger partial charge in [0.2, 0.25) is 0 Å². The van der Waals surface area contributed by atoms with Gasteiger partial charge < -0.3 is 20.1 Å². The van der Waals surface area contributed by atoms with Gasteiger partial charge in [-0.1, -0.05) is 0 Å². The van der Waals surface area contributed by atoms with E-state index in [2.05, 4.69) is 10.6 Å². The maximum Gasteiger partial charge on any atom is 0.407 e. The maximum atomic E-state index is 11.3. The lowest BCUT2D eigenvalue weighted by atomic mass is 10.1. The molecule has 2 N–H and O–H groups in total. The van der Waals surface area contributed by atoms with Crippen molar-refractivity contribution in [1.82, 2.24) is 10.6 Å². The number of amides is 1. The van der Waals surface area contributed by atoms with Crippen LogP contribution in [0.3, 0.4) is 0 Å². The predicted molar refractivity (Wildman–Crippen MR) is 66.1 cm³/mol. The quantitative estimate of drug-likeness (QED) is 0.731. The molecule has 0 atom stereocenters. The number of alkyl carbamates (subject to hydrolysis) is 1. The van der Waals surface area contributed by atoms with Crippen LogP contribution in [0.5, 0.6) is 0 Å². The van der Waals surface area contributed by atoms with Gasteiger partial charge in [-0.2, -0.15) is 0 Å². The Hall–Kier alpha value is -0.810. The Labute approximate surface area is 103 Å². The van der Waals surface area contributed by atoms with E-state index < -0.39 is 5.60 Å². The standard InChI is InChI=1S/C12H24N2O3/c1-12(2,3)17-11(15)14-7-6-13-10-4-8-16-9-5-10/h10,13H,4-9H2,1-3H3,(H,14,15). The van der Waals surface area contributed by atoms with Gasteiger partial charge in [-0.15, -0.1) is 0 Å². The molecule has 0 aromatic heterocycles. The average molecular weight is 244 g/mol. The predicted octanol–water partition coefficient (Wildman–Crippen LogP) is 1.28. The first-order valence-electron chi connectivity index (χ1n) is 6.25. The van der Waals surface area contributed by atoms with Crippen LogP contribution in [-0.4, -0.2) is 44.0 Å². The van der Waals surface area contributed by atoms with Crippen molar-refractivity contribution in [3.63, 3.8) is 0 Å². The van der Waals surface area contributed by atoms with Crippen molar-refractivity contribution in [3.05, 3.63) is 0 Å². The van der Waals surface area contributed by atoms with Gasteiger partial charge in [-0.25, -0.2) is 4.79 Å². The van der Waals surface area contributed by atoms with Crippen molar-refractivity contribution in [1.29, 1.82) is 0 Å². The molecule has 0 aliphatic carbocycles. The van der Waals surface area contributed by atoms with Crippen LogP contribution in [-0.2, 0) is 9.47 Å². The smallest absolute Gasteiger partial charge is 0.407 e. The lowest BCUT2D eigenvalue weighted by Crippen LogP contribution is -2.41. The Balaban J connectivity index is 2.01. The first-order valence-corrected chi connectivity index (χ1v) is 6.25. The van der Waals surface area contributed by atoms with E-state index in [1.165, 1.54) is 0 Å². The van der Waals surface area contributed by atoms with Crippen LogP contribution < -0.4 is 10.6 Å². The number of nitrogens with one attached hydrogen (secondary N) is 2. The van der Waals surface area contributed by atoms with E-state index in [-0.39, 0.29) is 6.09 Å². The minimum Gasteiger partial charge on any atom is -0.444 e. The Bertz CT molecular complexity index is 232. The minimum atomic E-state index is -0.432. The van der Waals surface area contributed by atoms with Gasteiger partial charge in [-0.05, 0) is 33.6 Å². The monoisotopic (exact) mass is 244 g/mol. The summed E-state index contributed by atoms with van der Waals surface area (Å²) in [4.78, 5) is 11.3. The molecular weight excluding hydrogens is 220 g/mol. The van der Waals surface area contributed by atoms with Gasteiger partial charge in [0, 0.05) is 32.3 Å². The van der Waals surface area contributed by atoms with Crippen molar-refractivity contribution >= 4 is 6.09 Å². The summed E-state index contributed by atoms with van der Waals surface area (Å²) in [7, 11) is 0. The summed E-state index contributed by atoms with van der Waals surface area (Å²) in [6, 6.07) is 0.518. The molecule has 1 amide bonds. The molecule has 0 aromatic carbocycles. The molecule has 1 aliphatic heterocycles. The fraction of sp³-hybridized carbons (Fsp3) is 0.917. The molecule has 17 heavy (non-hydrogen) atoms. The van der Waals surface area contributed by atoms with Gasteiger partial charge >= 0.3 is 6.09 Å². The number of carbonyl (C=O) groups is 1. The zero-order valence-corrected chi connectivity index (χ0v) is 11.0. The number of rotatable bonds is 4. The molecule has 1 rings (SSSR count). The molecule has 0 aromatic rings. The highest BCUT2D eigenvalue weighted by atomic mass is 16.6. The topological polar surface area (TPSA) is 59.6 Å². The molecule has 1 aliphatic rings. The summed E-state index contributed by atoms with van der Waals surface area (Å²) in [5.74, 6) is 0. The summed E-state index contributed by atoms with van der Waals surface area (Å²) in [5, 5.41) is 6.11. The van der Waals surface area contributed by atoms with Crippen molar-refractivity contribution in [2.75, 3.05) is 26.3 Å². The highest BCUT2D eigenvalue weighted by Crippen LogP contribution is 2.06. The molecule has 0 unspecified atom stereocenters. The molecule has 0 saturated carbocycles. The second-order valence-electron chi connectivity index (χ2n) is 5.27. The largest absolute Gasteiger partial charge is 0.444 e. The van der Waals surface area contributed by atoms with Crippen LogP contribution in [0, 0.1) is 0 Å². The number of carbonyl (C=O) groups excluding carboxylic acids is 1. The van der Waals surface area contributed by atoms with Gasteiger partial charge in [0.15, 0.2) is 0 Å². The summed E-state index contributed by atoms with van der Waals surface area (Å²) in [5.41, 5.74) is -0.432. The van der Waals surface area contributed by atoms with Crippen LogP contribution >= 0.6 is 0 Å². The fourth-order valence-electron chi connectivity index (χ4n) is 1.66. The molecule has 1 heterocycles. The van der Waals surface area contributed by atoms with E-state index in [1.807, 2.05) is 20.8 Å². The van der Waals surface area contributed by atoms with Crippen molar-refractivity contribution in [2.24, 2.45) is 0 Å². The zero-order valence-electron chi connectivity index (χ0n) is 11.0. The third-order valence-corrected chi connectivity index (χ3v) is 2.45. The molecular formula is C12H24N2O3. The Morgan fingerprint density at radius 3 is 2.53 bits per heavy atom. The lowest BCUT2D eigenvalue weighted by molar-refractivity contribution is 0.0524. The summed E-state index contributed by atoms with van der Waals surface area (Å²) < 4.78 is 10.4. The highest BCUT2D eigenvalue weighted by Gasteiger charge is 2.16. The van der Waals surface area contributed by atoms with Gasteiger partial charge in [0.25, 0.3) is 0 Å². The Morgan fingerprint density at radius 1 is 1.29 bits per heavy atom. The maximum absolute atomic E-state index is 11.3. The van der Waals surface area contributed by atoms with Crippen LogP contribution in [0.25, 0.3) is 0 Å². The summed E-state index contributed by atoms with van der Waals surface area (Å²) >= 11 is 0. The SMILES string of the molecule is CC(C)(C)OC(=O)NCCNC1CCOCC1. The van der Waals surface area contributed by atoms with E-state index in [4.69, 9.17) is 9.47 Å². The van der Waals surface area contributed by atoms with E-state index >= 15 is 0 Å². The Morgan fingerprint density at radius 2 is 1.94 bits per heavy atom. The van der Waals surface area contributed by atoms with Crippen LogP contribution in [0.2, 0.25) is 0 Å². The average Bonchev–Trinajstić information content (AvgIpc) is 2.23. The van der Waals surface area contributed by atoms with Crippen molar-refractivity contribution in [3.8, 4) is 0 Å². The fourth-order valence-corrected chi connectivity index (χ4v) is 1.66. The number of hydrogen-bond acceptors (Lipinski definition) is 4. The molecule has 1 saturated heterocycles. The normalized spacial score (nSPS) is 17.8. The summed E-state index contributed by atoms with van der Waals surface area (Å²) in [6.07, 6.45) is 1.74. The first kappa shape index (κ1) is 14.3. The number of hydrogen-bond donors (Lipinski definition) is 2. The molecule has 5 heteroatoms. The highest BCUT2D eigenvalue weighted by molar-refractivity contribution is 5.67. The minimum absolute atomic E-state index is 0.355. The van der Waals surface area contributed by atoms with Gasteiger partial charge in [-0.3, -0.25) is 0 Å². The van der Waals surface area contributed by atoms with E-state index in [0.717, 1.165) is 32.6 Å². The molecule has 0 spiro atoms. The van der Waals surface area contributed by atoms with Gasteiger partial charge in [0.05, 0.1) is 0 Å². The molecule has 5 nitrogen and oxygen atoms in total. The van der Waals surface area contributed by atoms with E-state index in [1.54, 1.807) is 0 Å². The third-order valence-electron chi connectivity index (χ3n) is 2.45. The van der Waals surface area contributed by atoms with Crippen molar-refractivity contribution < 1.29 is 14.3 Å². The zero-order chi connectivity index (χ0) is 12.7. The Kier molecular flexibility index (Phi) is 5.71. The molecule has 1 fully saturated rings. The summed E-state index contributed by atoms with van der Waals surface area (Å²) in [6.45, 7) is 8.58. The second-order valence-corrected chi connectivity index (χ2v) is 5.27. The number of ether oxygens (including phenoxy) is 2. The van der Waals surface area contributed by atoms with Crippen LogP contribution in [0.15, 0.2) is 0 Å². The second kappa shape index (κ2) is 6.81. The lowest BCUT2D eigenvalue weighted by Gasteiger charge is -2.23. The molecule has 0 bridgehead atoms. The van der Waals surface area contributed by atoms with Gasteiger partial charge in [0.1, 0.15) is 5.60 Å². The molecule has 100 valence electrons. The third kappa shape index (κ3) is 7.18. The van der Waals surface area contributed by atoms with Crippen LogP contribution in [0.4, 0.5) is 4.79 Å². The molecule has 0 radical (unpaired) electrons. The first-order chi connectivity index (χ1) is 7.97. The van der Waals surface area contributed by atoms with Crippen LogP contribution in [0.1, 0.15) is 33.6 Å². The van der Waals surface area contributed by atoms with E-state index in [9.17, 15) is 4.79 Å².